The van der Waals surface area contributed by atoms with Gasteiger partial charge in [-0.1, -0.05) is 6.92 Å². The molecule has 0 saturated carbocycles. The highest BCUT2D eigenvalue weighted by molar-refractivity contribution is 7.10. The number of hydrogen-bond donors (Lipinski definition) is 1. The number of aliphatic carboxylic acids is 1. The van der Waals surface area contributed by atoms with Gasteiger partial charge in [0.25, 0.3) is 0 Å². The fourth-order valence-corrected chi connectivity index (χ4v) is 4.26. The Hall–Kier alpha value is -1.56. The molecule has 2 atom stereocenters. The summed E-state index contributed by atoms with van der Waals surface area (Å²) < 4.78 is 0. The number of hydrogen-bond acceptors (Lipinski definition) is 3. The lowest BCUT2D eigenvalue weighted by Gasteiger charge is -2.40. The van der Waals surface area contributed by atoms with E-state index in [9.17, 15) is 14.7 Å². The van der Waals surface area contributed by atoms with Crippen LogP contribution in [0.25, 0.3) is 0 Å². The first-order chi connectivity index (χ1) is 10.1. The smallest absolute Gasteiger partial charge is 0.326 e. The Balaban J connectivity index is 1.76. The Morgan fingerprint density at radius 2 is 2.19 bits per heavy atom. The molecule has 1 fully saturated rings. The molecule has 2 aliphatic rings. The van der Waals surface area contributed by atoms with Crippen LogP contribution in [0, 0.1) is 5.92 Å². The summed E-state index contributed by atoms with van der Waals surface area (Å²) in [6.45, 7) is 3.76. The van der Waals surface area contributed by atoms with Crippen LogP contribution in [-0.4, -0.2) is 46.0 Å². The average Bonchev–Trinajstić information content (AvgIpc) is 2.93. The average molecular weight is 308 g/mol. The van der Waals surface area contributed by atoms with Gasteiger partial charge < -0.3 is 14.9 Å². The number of fused-ring (bicyclic) bond motifs is 1. The number of piperidine rings is 1. The molecule has 2 amide bonds. The van der Waals surface area contributed by atoms with Crippen LogP contribution in [0.4, 0.5) is 4.79 Å². The van der Waals surface area contributed by atoms with Crippen LogP contribution in [0.2, 0.25) is 0 Å². The molecular weight excluding hydrogens is 288 g/mol. The van der Waals surface area contributed by atoms with Crippen LogP contribution in [0.1, 0.15) is 30.2 Å². The highest BCUT2D eigenvalue weighted by Gasteiger charge is 2.39. The standard InChI is InChI=1S/C15H20N2O3S/c1-10-3-2-6-17(13(10)14(18)19)15(20)16-7-4-12-11(9-16)5-8-21-12/h5,8,10,13H,2-4,6-7,9H2,1H3,(H,18,19). The molecule has 0 bridgehead atoms. The molecule has 1 saturated heterocycles. The fourth-order valence-electron chi connectivity index (χ4n) is 3.37. The van der Waals surface area contributed by atoms with E-state index in [-0.39, 0.29) is 11.9 Å². The Kier molecular flexibility index (Phi) is 3.89. The van der Waals surface area contributed by atoms with Gasteiger partial charge in [0, 0.05) is 24.5 Å². The van der Waals surface area contributed by atoms with Crippen LogP contribution in [0.5, 0.6) is 0 Å². The molecule has 0 spiro atoms. The minimum atomic E-state index is -0.885. The monoisotopic (exact) mass is 308 g/mol. The second-order valence-corrected chi connectivity index (χ2v) is 6.92. The molecule has 0 radical (unpaired) electrons. The minimum Gasteiger partial charge on any atom is -0.480 e. The Morgan fingerprint density at radius 1 is 1.38 bits per heavy atom. The molecule has 21 heavy (non-hydrogen) atoms. The van der Waals surface area contributed by atoms with Crippen molar-refractivity contribution in [2.24, 2.45) is 5.92 Å². The van der Waals surface area contributed by atoms with Gasteiger partial charge in [0.1, 0.15) is 6.04 Å². The largest absolute Gasteiger partial charge is 0.480 e. The number of thiophene rings is 1. The molecule has 5 nitrogen and oxygen atoms in total. The molecule has 1 N–H and O–H groups in total. The van der Waals surface area contributed by atoms with Gasteiger partial charge in [-0.05, 0) is 42.2 Å². The van der Waals surface area contributed by atoms with Crippen molar-refractivity contribution in [3.05, 3.63) is 21.9 Å². The first kappa shape index (κ1) is 14.4. The van der Waals surface area contributed by atoms with Gasteiger partial charge >= 0.3 is 12.0 Å². The van der Waals surface area contributed by atoms with E-state index in [1.54, 1.807) is 21.1 Å². The number of likely N-dealkylation sites (tertiary alicyclic amines) is 1. The predicted octanol–water partition coefficient (Wildman–Crippen LogP) is 2.41. The van der Waals surface area contributed by atoms with Crippen LogP contribution in [0.15, 0.2) is 11.4 Å². The van der Waals surface area contributed by atoms with E-state index < -0.39 is 12.0 Å². The lowest BCUT2D eigenvalue weighted by atomic mass is 9.91. The van der Waals surface area contributed by atoms with Gasteiger partial charge in [0.15, 0.2) is 0 Å². The first-order valence-corrected chi connectivity index (χ1v) is 8.29. The molecule has 2 aliphatic heterocycles. The van der Waals surface area contributed by atoms with E-state index >= 15 is 0 Å². The summed E-state index contributed by atoms with van der Waals surface area (Å²) in [7, 11) is 0. The summed E-state index contributed by atoms with van der Waals surface area (Å²) in [6.07, 6.45) is 2.63. The predicted molar refractivity (Wildman–Crippen MR) is 80.4 cm³/mol. The van der Waals surface area contributed by atoms with Crippen molar-refractivity contribution in [3.63, 3.8) is 0 Å². The second kappa shape index (κ2) is 5.67. The lowest BCUT2D eigenvalue weighted by Crippen LogP contribution is -2.56. The van der Waals surface area contributed by atoms with Crippen LogP contribution < -0.4 is 0 Å². The van der Waals surface area contributed by atoms with Gasteiger partial charge in [0.2, 0.25) is 0 Å². The SMILES string of the molecule is CC1CCCN(C(=O)N2CCc3sccc3C2)C1C(=O)O. The number of carbonyl (C=O) groups is 2. The molecule has 1 aromatic rings. The van der Waals surface area contributed by atoms with Crippen LogP contribution >= 0.6 is 11.3 Å². The molecular formula is C15H20N2O3S. The van der Waals surface area contributed by atoms with Crippen LogP contribution in [-0.2, 0) is 17.8 Å². The van der Waals surface area contributed by atoms with Gasteiger partial charge in [-0.15, -0.1) is 11.3 Å². The third kappa shape index (κ3) is 2.64. The molecule has 3 rings (SSSR count). The van der Waals surface area contributed by atoms with E-state index in [0.717, 1.165) is 19.3 Å². The van der Waals surface area contributed by atoms with E-state index in [1.165, 1.54) is 10.4 Å². The Bertz CT molecular complexity index is 557. The van der Waals surface area contributed by atoms with Crippen molar-refractivity contribution in [1.29, 1.82) is 0 Å². The molecule has 0 aliphatic carbocycles. The maximum atomic E-state index is 12.7. The highest BCUT2D eigenvalue weighted by atomic mass is 32.1. The molecule has 114 valence electrons. The zero-order valence-corrected chi connectivity index (χ0v) is 12.9. The normalized spacial score (nSPS) is 25.6. The topological polar surface area (TPSA) is 60.9 Å². The van der Waals surface area contributed by atoms with Crippen molar-refractivity contribution in [3.8, 4) is 0 Å². The third-order valence-corrected chi connectivity index (χ3v) is 5.53. The number of rotatable bonds is 1. The number of carboxylic acids is 1. The summed E-state index contributed by atoms with van der Waals surface area (Å²) in [5.74, 6) is -0.870. The van der Waals surface area contributed by atoms with E-state index in [4.69, 9.17) is 0 Å². The fraction of sp³-hybridized carbons (Fsp3) is 0.600. The number of urea groups is 1. The summed E-state index contributed by atoms with van der Waals surface area (Å²) >= 11 is 1.73. The van der Waals surface area contributed by atoms with Crippen molar-refractivity contribution < 1.29 is 14.7 Å². The summed E-state index contributed by atoms with van der Waals surface area (Å²) in [6, 6.07) is 1.26. The number of carbonyl (C=O) groups excluding carboxylic acids is 1. The first-order valence-electron chi connectivity index (χ1n) is 7.41. The van der Waals surface area contributed by atoms with Gasteiger partial charge in [-0.25, -0.2) is 9.59 Å². The number of amides is 2. The Morgan fingerprint density at radius 3 is 2.95 bits per heavy atom. The zero-order chi connectivity index (χ0) is 15.0. The summed E-state index contributed by atoms with van der Waals surface area (Å²) in [5, 5.41) is 11.5. The van der Waals surface area contributed by atoms with Crippen molar-refractivity contribution >= 4 is 23.3 Å². The van der Waals surface area contributed by atoms with E-state index in [2.05, 4.69) is 11.4 Å². The van der Waals surface area contributed by atoms with Crippen molar-refractivity contribution in [1.82, 2.24) is 9.80 Å². The number of nitrogens with zero attached hydrogens (tertiary/aromatic N) is 2. The van der Waals surface area contributed by atoms with Gasteiger partial charge in [-0.2, -0.15) is 0 Å². The summed E-state index contributed by atoms with van der Waals surface area (Å²) in [4.78, 5) is 29.0. The maximum Gasteiger partial charge on any atom is 0.326 e. The quantitative estimate of drug-likeness (QED) is 0.866. The molecule has 3 heterocycles. The third-order valence-electron chi connectivity index (χ3n) is 4.51. The second-order valence-electron chi connectivity index (χ2n) is 5.92. The zero-order valence-electron chi connectivity index (χ0n) is 12.1. The van der Waals surface area contributed by atoms with Gasteiger partial charge in [-0.3, -0.25) is 0 Å². The summed E-state index contributed by atoms with van der Waals surface area (Å²) in [5.41, 5.74) is 1.21. The molecule has 2 unspecified atom stereocenters. The lowest BCUT2D eigenvalue weighted by molar-refractivity contribution is -0.145. The minimum absolute atomic E-state index is 0.0155. The van der Waals surface area contributed by atoms with E-state index in [0.29, 0.717) is 19.6 Å². The maximum absolute atomic E-state index is 12.7. The highest BCUT2D eigenvalue weighted by Crippen LogP contribution is 2.28. The van der Waals surface area contributed by atoms with Crippen LogP contribution in [0.3, 0.4) is 0 Å². The Labute approximate surface area is 128 Å². The van der Waals surface area contributed by atoms with Crippen molar-refractivity contribution in [2.45, 2.75) is 38.8 Å². The van der Waals surface area contributed by atoms with E-state index in [1.807, 2.05) is 6.92 Å². The molecule has 0 aromatic carbocycles. The van der Waals surface area contributed by atoms with Crippen molar-refractivity contribution in [2.75, 3.05) is 13.1 Å². The molecule has 1 aromatic heterocycles. The molecule has 6 heteroatoms. The number of carboxylic acid groups (broad SMARTS) is 1. The van der Waals surface area contributed by atoms with Gasteiger partial charge in [0.05, 0.1) is 0 Å².